The Kier molecular flexibility index (Phi) is 4.95. The van der Waals surface area contributed by atoms with Crippen LogP contribution < -0.4 is 5.32 Å². The smallest absolute Gasteiger partial charge is 0.141 e. The summed E-state index contributed by atoms with van der Waals surface area (Å²) in [4.78, 5) is 0. The van der Waals surface area contributed by atoms with E-state index < -0.39 is 0 Å². The molecular weight excluding hydrogens is 213 g/mol. The maximum Gasteiger partial charge on any atom is 0.141 e. The summed E-state index contributed by atoms with van der Waals surface area (Å²) in [7, 11) is 0. The van der Waals surface area contributed by atoms with Crippen LogP contribution in [0.4, 0.5) is 10.1 Å². The fraction of sp³-hybridized carbons (Fsp3) is 0.333. The van der Waals surface area contributed by atoms with Crippen LogP contribution in [0.1, 0.15) is 31.4 Å². The highest BCUT2D eigenvalue weighted by Crippen LogP contribution is 2.20. The predicted molar refractivity (Wildman–Crippen MR) is 72.8 cm³/mol. The minimum Gasteiger partial charge on any atom is -0.359 e. The first-order valence-electron chi connectivity index (χ1n) is 5.92. The lowest BCUT2D eigenvalue weighted by atomic mass is 10.1. The van der Waals surface area contributed by atoms with Crippen LogP contribution in [0.3, 0.4) is 0 Å². The molecule has 1 rings (SSSR count). The number of benzene rings is 1. The molecule has 2 heteroatoms. The monoisotopic (exact) mass is 233 g/mol. The van der Waals surface area contributed by atoms with Crippen molar-refractivity contribution in [2.24, 2.45) is 0 Å². The molecule has 0 atom stereocenters. The quantitative estimate of drug-likeness (QED) is 0.724. The van der Waals surface area contributed by atoms with E-state index in [9.17, 15) is 4.39 Å². The van der Waals surface area contributed by atoms with Gasteiger partial charge in [-0.3, -0.25) is 0 Å². The van der Waals surface area contributed by atoms with Gasteiger partial charge in [0.15, 0.2) is 0 Å². The highest BCUT2D eigenvalue weighted by atomic mass is 19.1. The fourth-order valence-electron chi connectivity index (χ4n) is 1.58. The number of aryl methyl sites for hydroxylation is 2. The van der Waals surface area contributed by atoms with E-state index >= 15 is 0 Å². The molecule has 92 valence electrons. The second-order valence-corrected chi connectivity index (χ2v) is 4.33. The molecule has 1 aromatic rings. The Hall–Kier alpha value is -1.57. The van der Waals surface area contributed by atoms with E-state index in [0.29, 0.717) is 5.57 Å². The van der Waals surface area contributed by atoms with Crippen molar-refractivity contribution in [3.63, 3.8) is 0 Å². The van der Waals surface area contributed by atoms with Crippen molar-refractivity contribution < 1.29 is 4.39 Å². The average molecular weight is 233 g/mol. The lowest BCUT2D eigenvalue weighted by molar-refractivity contribution is 0.651. The number of nitrogens with one attached hydrogen (secondary N) is 1. The summed E-state index contributed by atoms with van der Waals surface area (Å²) >= 11 is 0. The number of hydrogen-bond acceptors (Lipinski definition) is 1. The Bertz CT molecular complexity index is 433. The summed E-state index contributed by atoms with van der Waals surface area (Å²) in [5, 5.41) is 3.02. The predicted octanol–water partition coefficient (Wildman–Crippen LogP) is 4.75. The van der Waals surface area contributed by atoms with E-state index in [0.717, 1.165) is 24.1 Å². The first kappa shape index (κ1) is 13.5. The molecule has 1 nitrogen and oxygen atoms in total. The summed E-state index contributed by atoms with van der Waals surface area (Å²) < 4.78 is 13.3. The maximum absolute atomic E-state index is 13.3. The van der Waals surface area contributed by atoms with Crippen molar-refractivity contribution in [3.05, 3.63) is 53.5 Å². The molecule has 0 aliphatic rings. The van der Waals surface area contributed by atoms with E-state index in [1.807, 2.05) is 13.0 Å². The van der Waals surface area contributed by atoms with Crippen molar-refractivity contribution in [2.45, 2.75) is 33.6 Å². The molecule has 0 radical (unpaired) electrons. The van der Waals surface area contributed by atoms with E-state index in [4.69, 9.17) is 0 Å². The van der Waals surface area contributed by atoms with Gasteiger partial charge in [-0.2, -0.15) is 0 Å². The topological polar surface area (TPSA) is 12.0 Å². The van der Waals surface area contributed by atoms with Gasteiger partial charge in [-0.15, -0.1) is 0 Å². The molecule has 1 N–H and O–H groups in total. The molecule has 0 heterocycles. The van der Waals surface area contributed by atoms with E-state index in [2.05, 4.69) is 31.0 Å². The largest absolute Gasteiger partial charge is 0.359 e. The first-order chi connectivity index (χ1) is 8.04. The highest BCUT2D eigenvalue weighted by Gasteiger charge is 2.01. The van der Waals surface area contributed by atoms with Crippen LogP contribution in [-0.2, 0) is 6.42 Å². The first-order valence-corrected chi connectivity index (χ1v) is 5.92. The molecule has 0 aliphatic heterocycles. The van der Waals surface area contributed by atoms with Crippen LogP contribution in [-0.4, -0.2) is 0 Å². The lowest BCUT2D eigenvalue weighted by Gasteiger charge is -2.10. The second kappa shape index (κ2) is 6.24. The van der Waals surface area contributed by atoms with Crippen LogP contribution in [0.5, 0.6) is 0 Å². The Balaban J connectivity index is 2.92. The van der Waals surface area contributed by atoms with E-state index in [-0.39, 0.29) is 5.83 Å². The molecule has 0 fully saturated rings. The third kappa shape index (κ3) is 4.06. The lowest BCUT2D eigenvalue weighted by Crippen LogP contribution is -1.96. The van der Waals surface area contributed by atoms with Gasteiger partial charge in [0, 0.05) is 11.9 Å². The Morgan fingerprint density at radius 1 is 1.47 bits per heavy atom. The normalized spacial score (nSPS) is 11.4. The number of hydrogen-bond donors (Lipinski definition) is 1. The molecule has 0 spiro atoms. The molecule has 17 heavy (non-hydrogen) atoms. The van der Waals surface area contributed by atoms with Crippen LogP contribution in [0.2, 0.25) is 0 Å². The SMILES string of the molecule is C=C(C)/C(F)=C\Nc1cc(C)ccc1CCC. The molecule has 0 amide bonds. The number of rotatable bonds is 5. The molecule has 0 unspecified atom stereocenters. The minimum absolute atomic E-state index is 0.311. The zero-order chi connectivity index (χ0) is 12.8. The average Bonchev–Trinajstić information content (AvgIpc) is 2.29. The van der Waals surface area contributed by atoms with Crippen LogP contribution in [0.15, 0.2) is 42.4 Å². The molecule has 0 aromatic heterocycles. The summed E-state index contributed by atoms with van der Waals surface area (Å²) in [6, 6.07) is 6.20. The van der Waals surface area contributed by atoms with Crippen molar-refractivity contribution in [3.8, 4) is 0 Å². The van der Waals surface area contributed by atoms with Gasteiger partial charge < -0.3 is 5.32 Å². The number of halogens is 1. The van der Waals surface area contributed by atoms with Gasteiger partial charge in [-0.05, 0) is 43.0 Å². The van der Waals surface area contributed by atoms with Crippen molar-refractivity contribution in [2.75, 3.05) is 5.32 Å². The van der Waals surface area contributed by atoms with Gasteiger partial charge in [0.1, 0.15) is 5.83 Å². The van der Waals surface area contributed by atoms with Crippen molar-refractivity contribution in [1.82, 2.24) is 0 Å². The zero-order valence-corrected chi connectivity index (χ0v) is 10.8. The molecule has 0 saturated carbocycles. The standard InChI is InChI=1S/C15H20FN/c1-5-6-13-8-7-12(4)9-15(13)17-10-14(16)11(2)3/h7-10,17H,2,5-6H2,1,3-4H3/b14-10+. The van der Waals surface area contributed by atoms with E-state index in [1.165, 1.54) is 11.8 Å². The van der Waals surface area contributed by atoms with Crippen molar-refractivity contribution >= 4 is 5.69 Å². The Morgan fingerprint density at radius 2 is 2.18 bits per heavy atom. The minimum atomic E-state index is -0.311. The summed E-state index contributed by atoms with van der Waals surface area (Å²) in [5.41, 5.74) is 3.78. The van der Waals surface area contributed by atoms with Crippen LogP contribution in [0, 0.1) is 6.92 Å². The summed E-state index contributed by atoms with van der Waals surface area (Å²) in [6.45, 7) is 9.37. The Morgan fingerprint density at radius 3 is 2.76 bits per heavy atom. The van der Waals surface area contributed by atoms with Gasteiger partial charge in [-0.25, -0.2) is 4.39 Å². The third-order valence-electron chi connectivity index (χ3n) is 2.55. The third-order valence-corrected chi connectivity index (χ3v) is 2.55. The maximum atomic E-state index is 13.3. The zero-order valence-electron chi connectivity index (χ0n) is 10.8. The number of anilines is 1. The van der Waals surface area contributed by atoms with Crippen molar-refractivity contribution in [1.29, 1.82) is 0 Å². The summed E-state index contributed by atoms with van der Waals surface area (Å²) in [6.07, 6.45) is 3.44. The van der Waals surface area contributed by atoms with Gasteiger partial charge in [0.2, 0.25) is 0 Å². The fourth-order valence-corrected chi connectivity index (χ4v) is 1.58. The molecular formula is C15H20FN. The second-order valence-electron chi connectivity index (χ2n) is 4.33. The molecule has 0 bridgehead atoms. The van der Waals surface area contributed by atoms with Gasteiger partial charge >= 0.3 is 0 Å². The van der Waals surface area contributed by atoms with Crippen LogP contribution >= 0.6 is 0 Å². The molecule has 0 aliphatic carbocycles. The molecule has 0 saturated heterocycles. The van der Waals surface area contributed by atoms with Gasteiger partial charge in [-0.1, -0.05) is 32.1 Å². The van der Waals surface area contributed by atoms with Crippen LogP contribution in [0.25, 0.3) is 0 Å². The molecule has 1 aromatic carbocycles. The number of allylic oxidation sites excluding steroid dienone is 2. The van der Waals surface area contributed by atoms with E-state index in [1.54, 1.807) is 6.92 Å². The van der Waals surface area contributed by atoms with Gasteiger partial charge in [0.05, 0.1) is 0 Å². The highest BCUT2D eigenvalue weighted by molar-refractivity contribution is 5.55. The summed E-state index contributed by atoms with van der Waals surface area (Å²) in [5.74, 6) is -0.311. The Labute approximate surface area is 103 Å². The van der Waals surface area contributed by atoms with Gasteiger partial charge in [0.25, 0.3) is 0 Å².